The van der Waals surface area contributed by atoms with Crippen LogP contribution in [0.5, 0.6) is 0 Å². The molecule has 0 unspecified atom stereocenters. The summed E-state index contributed by atoms with van der Waals surface area (Å²) in [5.74, 6) is -0.460. The molecule has 2 rings (SSSR count). The first-order chi connectivity index (χ1) is 9.13. The number of rotatable bonds is 4. The molecule has 0 amide bonds. The number of carbonyl (C=O) groups is 1. The zero-order valence-electron chi connectivity index (χ0n) is 9.74. The first-order valence-corrected chi connectivity index (χ1v) is 5.39. The molecule has 0 aliphatic carbocycles. The molecule has 0 saturated heterocycles. The van der Waals surface area contributed by atoms with Crippen molar-refractivity contribution >= 4 is 17.2 Å². The Hall–Kier alpha value is -2.89. The predicted octanol–water partition coefficient (Wildman–Crippen LogP) is 3.49. The summed E-state index contributed by atoms with van der Waals surface area (Å²) in [6.07, 6.45) is 0. The van der Waals surface area contributed by atoms with Crippen molar-refractivity contribution in [3.8, 4) is 0 Å². The zero-order chi connectivity index (χ0) is 13.8. The van der Waals surface area contributed by atoms with Crippen LogP contribution in [0.1, 0.15) is 15.9 Å². The number of benzene rings is 2. The summed E-state index contributed by atoms with van der Waals surface area (Å²) in [6.45, 7) is 0. The van der Waals surface area contributed by atoms with Gasteiger partial charge in [0.25, 0.3) is 5.69 Å². The van der Waals surface area contributed by atoms with Crippen LogP contribution < -0.4 is 0 Å². The number of nitrogens with zero attached hydrogens (tertiary/aromatic N) is 2. The lowest BCUT2D eigenvalue weighted by Crippen LogP contribution is -2.05. The second kappa shape index (κ2) is 5.18. The highest BCUT2D eigenvalue weighted by atomic mass is 16.6. The van der Waals surface area contributed by atoms with Crippen molar-refractivity contribution in [2.75, 3.05) is 0 Å². The van der Waals surface area contributed by atoms with Crippen molar-refractivity contribution in [3.63, 3.8) is 0 Å². The number of nitro groups is 1. The van der Waals surface area contributed by atoms with E-state index in [2.05, 4.69) is 5.11 Å². The van der Waals surface area contributed by atoms with Crippen LogP contribution in [0, 0.1) is 15.6 Å². The van der Waals surface area contributed by atoms with E-state index in [0.717, 1.165) is 0 Å². The van der Waals surface area contributed by atoms with E-state index < -0.39 is 10.7 Å². The lowest BCUT2D eigenvalue weighted by atomic mass is 10.0. The molecule has 0 spiro atoms. The summed E-state index contributed by atoms with van der Waals surface area (Å²) in [7, 11) is 0. The Balaban J connectivity index is 2.57. The molecule has 94 valence electrons. The molecule has 19 heavy (non-hydrogen) atoms. The van der Waals surface area contributed by atoms with Gasteiger partial charge in [0.15, 0.2) is 5.78 Å². The van der Waals surface area contributed by atoms with Crippen molar-refractivity contribution in [1.82, 2.24) is 0 Å². The van der Waals surface area contributed by atoms with Gasteiger partial charge in [0, 0.05) is 11.6 Å². The lowest BCUT2D eigenvalue weighted by Gasteiger charge is -2.03. The number of nitrogens with one attached hydrogen (secondary N) is 1. The monoisotopic (exact) mass is 255 g/mol. The highest BCUT2D eigenvalue weighted by Gasteiger charge is 2.21. The summed E-state index contributed by atoms with van der Waals surface area (Å²) in [5, 5.41) is 14.1. The van der Waals surface area contributed by atoms with Crippen LogP contribution in [0.2, 0.25) is 0 Å². The van der Waals surface area contributed by atoms with Gasteiger partial charge in [-0.05, 0) is 12.1 Å². The first kappa shape index (κ1) is 12.6. The normalized spacial score (nSPS) is 9.89. The Morgan fingerprint density at radius 1 is 1.16 bits per heavy atom. The van der Waals surface area contributed by atoms with Crippen LogP contribution in [0.25, 0.3) is 0 Å². The van der Waals surface area contributed by atoms with E-state index in [0.29, 0.717) is 5.56 Å². The Morgan fingerprint density at radius 2 is 1.84 bits per heavy atom. The Bertz CT molecular complexity index is 653. The third kappa shape index (κ3) is 2.52. The van der Waals surface area contributed by atoms with Gasteiger partial charge in [0.2, 0.25) is 0 Å². The Morgan fingerprint density at radius 3 is 2.42 bits per heavy atom. The number of nitro benzene ring substituents is 1. The molecule has 0 bridgehead atoms. The fourth-order valence-corrected chi connectivity index (χ4v) is 1.68. The van der Waals surface area contributed by atoms with E-state index in [1.807, 2.05) is 0 Å². The average Bonchev–Trinajstić information content (AvgIpc) is 2.46. The number of hydrogen-bond donors (Lipinski definition) is 1. The Kier molecular flexibility index (Phi) is 3.42. The smallest absolute Gasteiger partial charge is 0.280 e. The third-order valence-corrected chi connectivity index (χ3v) is 2.59. The standard InChI is InChI=1S/C13H9N3O3/c14-15-10-6-7-12(16(18)19)11(8-10)13(17)9-4-2-1-3-5-9/h1-8,14H. The summed E-state index contributed by atoms with van der Waals surface area (Å²) in [4.78, 5) is 22.5. The predicted molar refractivity (Wildman–Crippen MR) is 67.8 cm³/mol. The topological polar surface area (TPSA) is 96.4 Å². The van der Waals surface area contributed by atoms with Gasteiger partial charge in [0.05, 0.1) is 10.6 Å². The van der Waals surface area contributed by atoms with Crippen molar-refractivity contribution in [2.24, 2.45) is 5.11 Å². The maximum Gasteiger partial charge on any atom is 0.280 e. The molecule has 0 atom stereocenters. The molecule has 0 aromatic heterocycles. The van der Waals surface area contributed by atoms with Crippen LogP contribution in [0.15, 0.2) is 53.6 Å². The van der Waals surface area contributed by atoms with Gasteiger partial charge >= 0.3 is 0 Å². The van der Waals surface area contributed by atoms with Crippen molar-refractivity contribution < 1.29 is 9.72 Å². The minimum Gasteiger partial charge on any atom is -0.288 e. The summed E-state index contributed by atoms with van der Waals surface area (Å²) < 4.78 is 0. The van der Waals surface area contributed by atoms with Gasteiger partial charge < -0.3 is 0 Å². The van der Waals surface area contributed by atoms with E-state index in [1.165, 1.54) is 18.2 Å². The van der Waals surface area contributed by atoms with E-state index in [4.69, 9.17) is 5.53 Å². The molecule has 1 N–H and O–H groups in total. The van der Waals surface area contributed by atoms with Gasteiger partial charge in [-0.25, -0.2) is 5.53 Å². The van der Waals surface area contributed by atoms with Gasteiger partial charge in [-0.15, -0.1) is 0 Å². The maximum absolute atomic E-state index is 12.2. The molecule has 0 heterocycles. The molecule has 6 nitrogen and oxygen atoms in total. The van der Waals surface area contributed by atoms with Crippen LogP contribution in [-0.4, -0.2) is 10.7 Å². The highest BCUT2D eigenvalue weighted by Crippen LogP contribution is 2.26. The van der Waals surface area contributed by atoms with E-state index in [9.17, 15) is 14.9 Å². The summed E-state index contributed by atoms with van der Waals surface area (Å²) >= 11 is 0. The molecule has 6 heteroatoms. The fourth-order valence-electron chi connectivity index (χ4n) is 1.68. The van der Waals surface area contributed by atoms with E-state index in [1.54, 1.807) is 30.3 Å². The van der Waals surface area contributed by atoms with Crippen LogP contribution in [-0.2, 0) is 0 Å². The van der Waals surface area contributed by atoms with Gasteiger partial charge in [-0.2, -0.15) is 5.11 Å². The van der Waals surface area contributed by atoms with Crippen LogP contribution in [0.3, 0.4) is 0 Å². The van der Waals surface area contributed by atoms with E-state index >= 15 is 0 Å². The molecular weight excluding hydrogens is 246 g/mol. The molecular formula is C13H9N3O3. The molecule has 0 radical (unpaired) electrons. The number of hydrogen-bond acceptors (Lipinski definition) is 5. The molecule has 2 aromatic carbocycles. The lowest BCUT2D eigenvalue weighted by molar-refractivity contribution is -0.385. The largest absolute Gasteiger partial charge is 0.288 e. The minimum atomic E-state index is -0.621. The Labute approximate surface area is 108 Å². The second-order valence-electron chi connectivity index (χ2n) is 3.77. The van der Waals surface area contributed by atoms with Crippen LogP contribution >= 0.6 is 0 Å². The first-order valence-electron chi connectivity index (χ1n) is 5.39. The average molecular weight is 255 g/mol. The van der Waals surface area contributed by atoms with E-state index in [-0.39, 0.29) is 16.9 Å². The summed E-state index contributed by atoms with van der Waals surface area (Å²) in [6, 6.07) is 12.0. The third-order valence-electron chi connectivity index (χ3n) is 2.59. The molecule has 0 saturated carbocycles. The van der Waals surface area contributed by atoms with Gasteiger partial charge in [-0.3, -0.25) is 14.9 Å². The zero-order valence-corrected chi connectivity index (χ0v) is 9.74. The summed E-state index contributed by atoms with van der Waals surface area (Å²) in [5.41, 5.74) is 7.11. The molecule has 2 aromatic rings. The van der Waals surface area contributed by atoms with Crippen LogP contribution in [0.4, 0.5) is 11.4 Å². The molecule has 0 fully saturated rings. The number of ketones is 1. The van der Waals surface area contributed by atoms with Crippen molar-refractivity contribution in [2.45, 2.75) is 0 Å². The quantitative estimate of drug-likeness (QED) is 0.392. The molecule has 0 aliphatic rings. The van der Waals surface area contributed by atoms with Gasteiger partial charge in [-0.1, -0.05) is 30.3 Å². The molecule has 0 aliphatic heterocycles. The van der Waals surface area contributed by atoms with Crippen molar-refractivity contribution in [1.29, 1.82) is 5.53 Å². The fraction of sp³-hybridized carbons (Fsp3) is 0. The number of carbonyl (C=O) groups excluding carboxylic acids is 1. The van der Waals surface area contributed by atoms with Gasteiger partial charge in [0.1, 0.15) is 5.56 Å². The maximum atomic E-state index is 12.2. The second-order valence-corrected chi connectivity index (χ2v) is 3.77. The SMILES string of the molecule is N=Nc1ccc([N+](=O)[O-])c(C(=O)c2ccccc2)c1. The highest BCUT2D eigenvalue weighted by molar-refractivity contribution is 6.11. The van der Waals surface area contributed by atoms with Crippen molar-refractivity contribution in [3.05, 3.63) is 69.8 Å². The minimum absolute atomic E-state index is 0.0651.